The van der Waals surface area contributed by atoms with Gasteiger partial charge < -0.3 is 4.74 Å². The van der Waals surface area contributed by atoms with E-state index in [0.717, 1.165) is 30.7 Å². The summed E-state index contributed by atoms with van der Waals surface area (Å²) in [4.78, 5) is 0. The second kappa shape index (κ2) is 2.85. The molecule has 0 amide bonds. The van der Waals surface area contributed by atoms with Crippen LogP contribution in [-0.4, -0.2) is 14.5 Å². The lowest BCUT2D eigenvalue weighted by molar-refractivity contribution is 0.288. The molecule has 0 bridgehead atoms. The van der Waals surface area contributed by atoms with Gasteiger partial charge in [-0.05, 0) is 31.4 Å². The Morgan fingerprint density at radius 2 is 2.25 bits per heavy atom. The third kappa shape index (κ3) is 1.11. The molecule has 1 aliphatic rings. The summed E-state index contributed by atoms with van der Waals surface area (Å²) in [6.45, 7) is 2.90. The van der Waals surface area contributed by atoms with Crippen molar-refractivity contribution in [2.24, 2.45) is 0 Å². The maximum atomic E-state index is 5.79. The molecule has 1 aliphatic heterocycles. The molecule has 0 aromatic heterocycles. The molecule has 0 aliphatic carbocycles. The Balaban J connectivity index is 2.54. The Bertz CT molecular complexity index is 307. The molecular weight excluding hydrogens is 147 g/mol. The zero-order chi connectivity index (χ0) is 8.55. The zero-order valence-corrected chi connectivity index (χ0v) is 7.26. The van der Waals surface area contributed by atoms with Gasteiger partial charge in [-0.15, -0.1) is 0 Å². The van der Waals surface area contributed by atoms with Crippen molar-refractivity contribution in [1.29, 1.82) is 0 Å². The van der Waals surface area contributed by atoms with E-state index in [1.165, 1.54) is 11.1 Å². The van der Waals surface area contributed by atoms with Crippen molar-refractivity contribution in [3.05, 3.63) is 23.3 Å². The van der Waals surface area contributed by atoms with Crippen molar-refractivity contribution in [2.75, 3.05) is 6.61 Å². The largest absolute Gasteiger partial charge is 0.493 e. The Labute approximate surface area is 74.2 Å². The molecule has 12 heavy (non-hydrogen) atoms. The summed E-state index contributed by atoms with van der Waals surface area (Å²) in [6, 6.07) is 3.89. The highest BCUT2D eigenvalue weighted by atomic mass is 16.5. The third-order valence-electron chi connectivity index (χ3n) is 2.43. The lowest BCUT2D eigenvalue weighted by atomic mass is 9.86. The monoisotopic (exact) mass is 158 g/mol. The average Bonchev–Trinajstić information content (AvgIpc) is 2.12. The van der Waals surface area contributed by atoms with E-state index in [9.17, 15) is 0 Å². The van der Waals surface area contributed by atoms with Crippen LogP contribution in [0.25, 0.3) is 0 Å². The molecule has 1 heterocycles. The average molecular weight is 158 g/mol. The van der Waals surface area contributed by atoms with Gasteiger partial charge in [0.25, 0.3) is 0 Å². The van der Waals surface area contributed by atoms with Gasteiger partial charge in [-0.25, -0.2) is 0 Å². The first-order chi connectivity index (χ1) is 5.79. The SMILES string of the molecule is [B]c1ccc2c(c1C)CCCO2. The van der Waals surface area contributed by atoms with Gasteiger partial charge in [-0.3, -0.25) is 0 Å². The maximum Gasteiger partial charge on any atom is 0.122 e. The van der Waals surface area contributed by atoms with Gasteiger partial charge in [0, 0.05) is 0 Å². The van der Waals surface area contributed by atoms with E-state index in [1.54, 1.807) is 0 Å². The predicted octanol–water partition coefficient (Wildman–Crippen LogP) is 1.11. The third-order valence-corrected chi connectivity index (χ3v) is 2.43. The molecule has 0 spiro atoms. The van der Waals surface area contributed by atoms with E-state index in [-0.39, 0.29) is 0 Å². The molecule has 0 saturated carbocycles. The minimum Gasteiger partial charge on any atom is -0.493 e. The molecule has 1 nitrogen and oxygen atoms in total. The van der Waals surface area contributed by atoms with E-state index < -0.39 is 0 Å². The van der Waals surface area contributed by atoms with Gasteiger partial charge in [-0.1, -0.05) is 17.1 Å². The van der Waals surface area contributed by atoms with Gasteiger partial charge in [0.15, 0.2) is 0 Å². The van der Waals surface area contributed by atoms with Crippen molar-refractivity contribution in [1.82, 2.24) is 0 Å². The van der Waals surface area contributed by atoms with Crippen LogP contribution in [-0.2, 0) is 6.42 Å². The first-order valence-corrected chi connectivity index (χ1v) is 4.30. The van der Waals surface area contributed by atoms with Crippen LogP contribution in [0.4, 0.5) is 0 Å². The van der Waals surface area contributed by atoms with Gasteiger partial charge in [0.2, 0.25) is 0 Å². The number of hydrogen-bond donors (Lipinski definition) is 0. The molecule has 0 fully saturated rings. The van der Waals surface area contributed by atoms with Gasteiger partial charge in [-0.2, -0.15) is 0 Å². The minimum atomic E-state index is 0.844. The van der Waals surface area contributed by atoms with Crippen LogP contribution in [0.1, 0.15) is 17.5 Å². The molecule has 0 atom stereocenters. The van der Waals surface area contributed by atoms with Crippen LogP contribution in [0, 0.1) is 6.92 Å². The summed E-state index contributed by atoms with van der Waals surface area (Å²) in [7, 11) is 5.79. The Hall–Kier alpha value is -0.915. The summed E-state index contributed by atoms with van der Waals surface area (Å²) in [5.41, 5.74) is 3.35. The van der Waals surface area contributed by atoms with Crippen LogP contribution in [0.2, 0.25) is 0 Å². The predicted molar refractivity (Wildman–Crippen MR) is 50.4 cm³/mol. The molecule has 2 heteroatoms. The molecular formula is C10H11BO. The number of hydrogen-bond acceptors (Lipinski definition) is 1. The number of benzene rings is 1. The summed E-state index contributed by atoms with van der Waals surface area (Å²) in [5, 5.41) is 0. The van der Waals surface area contributed by atoms with Gasteiger partial charge in [0.1, 0.15) is 13.6 Å². The van der Waals surface area contributed by atoms with Crippen molar-refractivity contribution in [2.45, 2.75) is 19.8 Å². The molecule has 0 unspecified atom stereocenters. The highest BCUT2D eigenvalue weighted by Gasteiger charge is 2.12. The fourth-order valence-electron chi connectivity index (χ4n) is 1.63. The van der Waals surface area contributed by atoms with E-state index in [2.05, 4.69) is 6.92 Å². The van der Waals surface area contributed by atoms with Gasteiger partial charge in [0.05, 0.1) is 6.61 Å². The highest BCUT2D eigenvalue weighted by molar-refractivity contribution is 6.33. The Morgan fingerprint density at radius 1 is 1.42 bits per heavy atom. The zero-order valence-electron chi connectivity index (χ0n) is 7.26. The van der Waals surface area contributed by atoms with Crippen molar-refractivity contribution in [3.8, 4) is 5.75 Å². The molecule has 60 valence electrons. The van der Waals surface area contributed by atoms with Crippen molar-refractivity contribution in [3.63, 3.8) is 0 Å². The Kier molecular flexibility index (Phi) is 1.83. The van der Waals surface area contributed by atoms with E-state index >= 15 is 0 Å². The Morgan fingerprint density at radius 3 is 3.08 bits per heavy atom. The summed E-state index contributed by atoms with van der Waals surface area (Å²) >= 11 is 0. The van der Waals surface area contributed by atoms with Crippen LogP contribution in [0.3, 0.4) is 0 Å². The fourth-order valence-corrected chi connectivity index (χ4v) is 1.63. The summed E-state index contributed by atoms with van der Waals surface area (Å²) in [6.07, 6.45) is 2.21. The van der Waals surface area contributed by atoms with E-state index in [0.29, 0.717) is 0 Å². The lowest BCUT2D eigenvalue weighted by Gasteiger charge is -2.20. The van der Waals surface area contributed by atoms with E-state index in [1.807, 2.05) is 12.1 Å². The normalized spacial score (nSPS) is 15.1. The molecule has 0 N–H and O–H groups in total. The standard InChI is InChI=1S/C10H11BO/c1-7-8-3-2-6-12-10(8)5-4-9(7)11/h4-5H,2-3,6H2,1H3. The minimum absolute atomic E-state index is 0.844. The fraction of sp³-hybridized carbons (Fsp3) is 0.400. The lowest BCUT2D eigenvalue weighted by Crippen LogP contribution is -2.16. The van der Waals surface area contributed by atoms with Crippen LogP contribution < -0.4 is 10.2 Å². The van der Waals surface area contributed by atoms with Crippen molar-refractivity contribution < 1.29 is 4.74 Å². The summed E-state index contributed by atoms with van der Waals surface area (Å²) in [5.74, 6) is 1.02. The topological polar surface area (TPSA) is 9.23 Å². The number of ether oxygens (including phenoxy) is 1. The first kappa shape index (κ1) is 7.72. The van der Waals surface area contributed by atoms with Crippen LogP contribution in [0.15, 0.2) is 12.1 Å². The molecule has 1 aromatic carbocycles. The maximum absolute atomic E-state index is 5.79. The van der Waals surface area contributed by atoms with Crippen LogP contribution in [0.5, 0.6) is 5.75 Å². The number of rotatable bonds is 0. The number of fused-ring (bicyclic) bond motifs is 1. The second-order valence-electron chi connectivity index (χ2n) is 3.21. The molecule has 2 rings (SSSR count). The van der Waals surface area contributed by atoms with E-state index in [4.69, 9.17) is 12.6 Å². The molecule has 0 saturated heterocycles. The molecule has 1 aromatic rings. The smallest absolute Gasteiger partial charge is 0.122 e. The highest BCUT2D eigenvalue weighted by Crippen LogP contribution is 2.25. The first-order valence-electron chi connectivity index (χ1n) is 4.30. The summed E-state index contributed by atoms with van der Waals surface area (Å²) < 4.78 is 5.50. The second-order valence-corrected chi connectivity index (χ2v) is 3.21. The quantitative estimate of drug-likeness (QED) is 0.514. The van der Waals surface area contributed by atoms with Crippen LogP contribution >= 0.6 is 0 Å². The van der Waals surface area contributed by atoms with Gasteiger partial charge >= 0.3 is 0 Å². The van der Waals surface area contributed by atoms with Crippen molar-refractivity contribution >= 4 is 13.3 Å². The molecule has 2 radical (unpaired) electrons.